The Balaban J connectivity index is 2.03. The smallest absolute Gasteiger partial charge is 0.349 e. The van der Waals surface area contributed by atoms with Crippen LogP contribution in [0.25, 0.3) is 6.08 Å². The zero-order valence-corrected chi connectivity index (χ0v) is 16.7. The lowest BCUT2D eigenvalue weighted by Crippen LogP contribution is -2.46. The Morgan fingerprint density at radius 2 is 2.00 bits per heavy atom. The van der Waals surface area contributed by atoms with Crippen molar-refractivity contribution in [2.75, 3.05) is 6.61 Å². The Hall–Kier alpha value is -3.06. The lowest BCUT2D eigenvalue weighted by Gasteiger charge is -2.21. The summed E-state index contributed by atoms with van der Waals surface area (Å²) < 4.78 is 7.12. The summed E-state index contributed by atoms with van der Waals surface area (Å²) in [5.74, 6) is -1.38. The summed E-state index contributed by atoms with van der Waals surface area (Å²) in [4.78, 5) is 24.3. The van der Waals surface area contributed by atoms with Crippen LogP contribution >= 0.6 is 0 Å². The highest BCUT2D eigenvalue weighted by molar-refractivity contribution is 5.99. The number of hydrogen-bond acceptors (Lipinski definition) is 5. The predicted octanol–water partition coefficient (Wildman–Crippen LogP) is 2.92. The van der Waals surface area contributed by atoms with Gasteiger partial charge in [0.25, 0.3) is 5.91 Å². The van der Waals surface area contributed by atoms with Crippen molar-refractivity contribution in [3.63, 3.8) is 0 Å². The first kappa shape index (κ1) is 21.2. The van der Waals surface area contributed by atoms with Gasteiger partial charge in [0, 0.05) is 17.9 Å². The zero-order chi connectivity index (χ0) is 20.7. The maximum absolute atomic E-state index is 12.2. The van der Waals surface area contributed by atoms with Gasteiger partial charge >= 0.3 is 5.97 Å². The summed E-state index contributed by atoms with van der Waals surface area (Å²) in [5, 5.41) is 21.3. The van der Waals surface area contributed by atoms with Crippen molar-refractivity contribution >= 4 is 18.0 Å². The van der Waals surface area contributed by atoms with E-state index in [0.29, 0.717) is 12.8 Å². The molecule has 1 aliphatic rings. The molecule has 0 bridgehead atoms. The second-order valence-electron chi connectivity index (χ2n) is 7.17. The monoisotopic (exact) mass is 382 g/mol. The third-order valence-electron chi connectivity index (χ3n) is 5.08. The molecule has 0 aromatic carbocycles. The van der Waals surface area contributed by atoms with Gasteiger partial charge in [-0.1, -0.05) is 6.92 Å². The van der Waals surface area contributed by atoms with Crippen molar-refractivity contribution in [2.24, 2.45) is 0 Å². The van der Waals surface area contributed by atoms with Gasteiger partial charge in [-0.2, -0.15) is 10.5 Å². The summed E-state index contributed by atoms with van der Waals surface area (Å²) in [6, 6.07) is 5.91. The van der Waals surface area contributed by atoms with E-state index in [4.69, 9.17) is 4.74 Å². The largest absolute Gasteiger partial charge is 0.451 e. The molecular weight excluding hydrogens is 356 g/mol. The Labute approximate surface area is 165 Å². The van der Waals surface area contributed by atoms with Gasteiger partial charge in [-0.05, 0) is 63.7 Å². The fourth-order valence-corrected chi connectivity index (χ4v) is 3.59. The van der Waals surface area contributed by atoms with E-state index in [1.807, 2.05) is 26.0 Å². The predicted molar refractivity (Wildman–Crippen MR) is 104 cm³/mol. The van der Waals surface area contributed by atoms with Crippen molar-refractivity contribution in [3.8, 4) is 12.1 Å². The van der Waals surface area contributed by atoms with E-state index in [-0.39, 0.29) is 5.57 Å². The maximum atomic E-state index is 12.2. The Bertz CT molecular complexity index is 861. The molecule has 0 saturated heterocycles. The van der Waals surface area contributed by atoms with Crippen LogP contribution in [-0.4, -0.2) is 28.6 Å². The molecule has 1 aromatic rings. The number of ether oxygens (including phenoxy) is 1. The minimum atomic E-state index is -0.867. The number of aromatic nitrogens is 1. The number of hydrogen-bond donors (Lipinski definition) is 1. The molecule has 2 rings (SSSR count). The van der Waals surface area contributed by atoms with Crippen LogP contribution < -0.4 is 5.32 Å². The fourth-order valence-electron chi connectivity index (χ4n) is 3.59. The van der Waals surface area contributed by atoms with Crippen molar-refractivity contribution in [3.05, 3.63) is 28.6 Å². The molecule has 0 unspecified atom stereocenters. The van der Waals surface area contributed by atoms with Crippen LogP contribution in [0.5, 0.6) is 0 Å². The van der Waals surface area contributed by atoms with Crippen LogP contribution in [-0.2, 0) is 20.9 Å². The van der Waals surface area contributed by atoms with Crippen molar-refractivity contribution in [1.29, 1.82) is 10.5 Å². The second kappa shape index (κ2) is 9.23. The van der Waals surface area contributed by atoms with Gasteiger partial charge in [-0.3, -0.25) is 4.79 Å². The summed E-state index contributed by atoms with van der Waals surface area (Å²) >= 11 is 0. The lowest BCUT2D eigenvalue weighted by atomic mass is 10.00. The minimum absolute atomic E-state index is 0.166. The van der Waals surface area contributed by atoms with Crippen LogP contribution in [0.4, 0.5) is 0 Å². The number of nitriles is 2. The standard InChI is InChI=1S/C21H26N4O3/c1-4-9-25-15(2)10-17(16(25)3)11-18(12-22)20(27)28-13-19(26)24-21(14-23)7-5-6-8-21/h10-11H,4-9,13H2,1-3H3,(H,24,26)/b18-11+. The van der Waals surface area contributed by atoms with Crippen LogP contribution in [0.3, 0.4) is 0 Å². The number of nitrogens with zero attached hydrogens (tertiary/aromatic N) is 3. The number of esters is 1. The van der Waals surface area contributed by atoms with E-state index < -0.39 is 24.0 Å². The first-order chi connectivity index (χ1) is 13.4. The average Bonchev–Trinajstić information content (AvgIpc) is 3.24. The molecule has 1 aromatic heterocycles. The highest BCUT2D eigenvalue weighted by Crippen LogP contribution is 2.28. The van der Waals surface area contributed by atoms with E-state index in [1.54, 1.807) is 0 Å². The molecule has 1 fully saturated rings. The molecular formula is C21H26N4O3. The third kappa shape index (κ3) is 4.80. The summed E-state index contributed by atoms with van der Waals surface area (Å²) in [6.07, 6.45) is 5.42. The van der Waals surface area contributed by atoms with Crippen molar-refractivity contribution in [1.82, 2.24) is 9.88 Å². The highest BCUT2D eigenvalue weighted by atomic mass is 16.5. The van der Waals surface area contributed by atoms with Crippen molar-refractivity contribution in [2.45, 2.75) is 65.0 Å². The van der Waals surface area contributed by atoms with Crippen LogP contribution in [0.15, 0.2) is 11.6 Å². The third-order valence-corrected chi connectivity index (χ3v) is 5.08. The molecule has 1 N–H and O–H groups in total. The van der Waals surface area contributed by atoms with E-state index in [1.165, 1.54) is 6.08 Å². The van der Waals surface area contributed by atoms with Crippen LogP contribution in [0.2, 0.25) is 0 Å². The molecule has 1 aliphatic carbocycles. The van der Waals surface area contributed by atoms with Gasteiger partial charge in [0.1, 0.15) is 17.2 Å². The Kier molecular flexibility index (Phi) is 7.00. The van der Waals surface area contributed by atoms with E-state index in [0.717, 1.165) is 42.8 Å². The van der Waals surface area contributed by atoms with Crippen LogP contribution in [0.1, 0.15) is 56.0 Å². The van der Waals surface area contributed by atoms with Crippen LogP contribution in [0, 0.1) is 36.5 Å². The topological polar surface area (TPSA) is 108 Å². The second-order valence-corrected chi connectivity index (χ2v) is 7.17. The highest BCUT2D eigenvalue weighted by Gasteiger charge is 2.35. The first-order valence-corrected chi connectivity index (χ1v) is 9.53. The average molecular weight is 382 g/mol. The molecule has 0 atom stereocenters. The van der Waals surface area contributed by atoms with E-state index in [9.17, 15) is 20.1 Å². The van der Waals surface area contributed by atoms with E-state index in [2.05, 4.69) is 22.9 Å². The molecule has 7 heteroatoms. The fraction of sp³-hybridized carbons (Fsp3) is 0.524. The van der Waals surface area contributed by atoms with E-state index >= 15 is 0 Å². The zero-order valence-electron chi connectivity index (χ0n) is 16.7. The van der Waals surface area contributed by atoms with Gasteiger partial charge in [0.2, 0.25) is 0 Å². The van der Waals surface area contributed by atoms with Crippen molar-refractivity contribution < 1.29 is 14.3 Å². The molecule has 1 amide bonds. The lowest BCUT2D eigenvalue weighted by molar-refractivity contribution is -0.144. The summed E-state index contributed by atoms with van der Waals surface area (Å²) in [6.45, 7) is 6.34. The molecule has 0 aliphatic heterocycles. The minimum Gasteiger partial charge on any atom is -0.451 e. The number of carbonyl (C=O) groups excluding carboxylic acids is 2. The number of rotatable bonds is 7. The normalized spacial score (nSPS) is 15.5. The molecule has 1 saturated carbocycles. The SMILES string of the molecule is CCCn1c(C)cc(/C=C(\C#N)C(=O)OCC(=O)NC2(C#N)CCCC2)c1C. The number of carbonyl (C=O) groups is 2. The number of nitrogens with one attached hydrogen (secondary N) is 1. The quantitative estimate of drug-likeness (QED) is 0.443. The Morgan fingerprint density at radius 1 is 1.32 bits per heavy atom. The van der Waals surface area contributed by atoms with Gasteiger partial charge in [0.05, 0.1) is 6.07 Å². The van der Waals surface area contributed by atoms with Gasteiger partial charge in [-0.25, -0.2) is 4.79 Å². The molecule has 28 heavy (non-hydrogen) atoms. The first-order valence-electron chi connectivity index (χ1n) is 9.53. The van der Waals surface area contributed by atoms with Gasteiger partial charge in [0.15, 0.2) is 6.61 Å². The van der Waals surface area contributed by atoms with Gasteiger partial charge < -0.3 is 14.6 Å². The summed E-state index contributed by atoms with van der Waals surface area (Å²) in [5.41, 5.74) is 1.76. The molecule has 1 heterocycles. The molecule has 7 nitrogen and oxygen atoms in total. The summed E-state index contributed by atoms with van der Waals surface area (Å²) in [7, 11) is 0. The number of amides is 1. The molecule has 0 spiro atoms. The molecule has 148 valence electrons. The maximum Gasteiger partial charge on any atom is 0.349 e. The Morgan fingerprint density at radius 3 is 2.57 bits per heavy atom. The molecule has 0 radical (unpaired) electrons. The number of aryl methyl sites for hydroxylation is 1. The van der Waals surface area contributed by atoms with Gasteiger partial charge in [-0.15, -0.1) is 0 Å².